The fourth-order valence-electron chi connectivity index (χ4n) is 8.00. The minimum atomic E-state index is -3.92. The van der Waals surface area contributed by atoms with Gasteiger partial charge in [-0.3, -0.25) is 29.0 Å². The van der Waals surface area contributed by atoms with Crippen LogP contribution >= 0.6 is 0 Å². The molecule has 39 heavy (non-hydrogen) atoms. The molecule has 8 rings (SSSR count). The molecule has 2 heterocycles. The van der Waals surface area contributed by atoms with Crippen LogP contribution in [-0.2, 0) is 29.0 Å². The molecule has 2 saturated heterocycles. The third-order valence-electron chi connectivity index (χ3n) is 9.75. The predicted molar refractivity (Wildman–Crippen MR) is 139 cm³/mol. The molecule has 4 fully saturated rings. The van der Waals surface area contributed by atoms with Gasteiger partial charge in [0.2, 0.25) is 33.5 Å². The van der Waals surface area contributed by atoms with E-state index in [4.69, 9.17) is 0 Å². The number of amides is 4. The van der Waals surface area contributed by atoms with E-state index in [1.807, 2.05) is 24.3 Å². The van der Waals surface area contributed by atoms with Gasteiger partial charge < -0.3 is 0 Å². The summed E-state index contributed by atoms with van der Waals surface area (Å²) < 4.78 is 26.7. The summed E-state index contributed by atoms with van der Waals surface area (Å²) >= 11 is 0. The Morgan fingerprint density at radius 2 is 0.769 bits per heavy atom. The van der Waals surface area contributed by atoms with Crippen LogP contribution in [0.3, 0.4) is 0 Å². The highest BCUT2D eigenvalue weighted by Gasteiger charge is 2.60. The van der Waals surface area contributed by atoms with Crippen molar-refractivity contribution in [2.45, 2.75) is 22.6 Å². The molecular weight excluding hydrogens is 516 g/mol. The van der Waals surface area contributed by atoms with E-state index in [1.165, 1.54) is 58.3 Å². The first-order valence-corrected chi connectivity index (χ1v) is 14.8. The number of fused-ring (bicyclic) bond motifs is 10. The Hall–Kier alpha value is -3.85. The standard InChI is InChI=1S/C30H24N2O6S/c33-27-23-15-1-2-16(13-15)24(23)28(34)31(27)19-5-9-21(10-6-19)39(37,38)22-11-7-20(8-12-22)32-29(35)25-17-3-4-18(14-17)26(25)30(32)36/h1-12,15-18,23-26H,13-14H2. The van der Waals surface area contributed by atoms with Crippen molar-refractivity contribution in [3.63, 3.8) is 0 Å². The topological polar surface area (TPSA) is 109 Å². The van der Waals surface area contributed by atoms with E-state index in [0.29, 0.717) is 11.4 Å². The number of benzene rings is 2. The molecule has 2 aromatic rings. The number of imide groups is 2. The number of sulfone groups is 1. The molecule has 196 valence electrons. The maximum absolute atomic E-state index is 13.4. The van der Waals surface area contributed by atoms with Crippen molar-refractivity contribution in [1.82, 2.24) is 0 Å². The minimum absolute atomic E-state index is 0.0190. The number of hydrogen-bond acceptors (Lipinski definition) is 6. The van der Waals surface area contributed by atoms with Crippen molar-refractivity contribution >= 4 is 44.8 Å². The molecule has 0 aromatic heterocycles. The van der Waals surface area contributed by atoms with Crippen LogP contribution in [0.25, 0.3) is 0 Å². The van der Waals surface area contributed by atoms with E-state index in [0.717, 1.165) is 12.8 Å². The number of carbonyl (C=O) groups excluding carboxylic acids is 4. The lowest BCUT2D eigenvalue weighted by atomic mass is 9.85. The van der Waals surface area contributed by atoms with E-state index >= 15 is 0 Å². The third-order valence-corrected chi connectivity index (χ3v) is 11.5. The second kappa shape index (κ2) is 7.63. The van der Waals surface area contributed by atoms with Crippen molar-refractivity contribution in [1.29, 1.82) is 0 Å². The van der Waals surface area contributed by atoms with Gasteiger partial charge in [0.15, 0.2) is 0 Å². The molecule has 6 aliphatic rings. The predicted octanol–water partition coefficient (Wildman–Crippen LogP) is 3.14. The quantitative estimate of drug-likeness (QED) is 0.436. The van der Waals surface area contributed by atoms with Crippen LogP contribution < -0.4 is 9.80 Å². The number of allylic oxidation sites excluding steroid dienone is 4. The molecule has 0 radical (unpaired) electrons. The van der Waals surface area contributed by atoms with Gasteiger partial charge in [0, 0.05) is 0 Å². The molecule has 2 aromatic carbocycles. The summed E-state index contributed by atoms with van der Waals surface area (Å²) in [4.78, 5) is 54.8. The first kappa shape index (κ1) is 23.1. The van der Waals surface area contributed by atoms with Crippen LogP contribution in [0, 0.1) is 47.3 Å². The molecule has 2 aliphatic heterocycles. The van der Waals surface area contributed by atoms with Gasteiger partial charge >= 0.3 is 0 Å². The highest BCUT2D eigenvalue weighted by atomic mass is 32.2. The fourth-order valence-corrected chi connectivity index (χ4v) is 9.26. The molecule has 8 atom stereocenters. The van der Waals surface area contributed by atoms with Crippen LogP contribution in [0.5, 0.6) is 0 Å². The molecule has 0 spiro atoms. The highest BCUT2D eigenvalue weighted by molar-refractivity contribution is 7.91. The molecule has 4 aliphatic carbocycles. The zero-order valence-corrected chi connectivity index (χ0v) is 21.5. The van der Waals surface area contributed by atoms with Crippen LogP contribution in [0.15, 0.2) is 82.6 Å². The second-order valence-corrected chi connectivity index (χ2v) is 13.5. The normalized spacial score (nSPS) is 35.6. The Kier molecular flexibility index (Phi) is 4.51. The highest BCUT2D eigenvalue weighted by Crippen LogP contribution is 2.54. The maximum atomic E-state index is 13.4. The first-order valence-electron chi connectivity index (χ1n) is 13.3. The van der Waals surface area contributed by atoms with Gasteiger partial charge in [-0.15, -0.1) is 0 Å². The Labute approximate surface area is 224 Å². The molecule has 4 amide bonds. The van der Waals surface area contributed by atoms with Crippen molar-refractivity contribution in [3.8, 4) is 0 Å². The van der Waals surface area contributed by atoms with Gasteiger partial charge in [-0.1, -0.05) is 24.3 Å². The minimum Gasteiger partial charge on any atom is -0.274 e. The molecule has 8 nitrogen and oxygen atoms in total. The van der Waals surface area contributed by atoms with Gasteiger partial charge in [0.05, 0.1) is 44.8 Å². The van der Waals surface area contributed by atoms with Crippen LogP contribution in [0.4, 0.5) is 11.4 Å². The Morgan fingerprint density at radius 3 is 1.05 bits per heavy atom. The SMILES string of the molecule is O=C1C2C3C=CC(C3)C2C(=O)N1c1ccc(S(=O)(=O)c2ccc(N3C(=O)C4C5C=CC(C5)C4C3=O)cc2)cc1. The van der Waals surface area contributed by atoms with Crippen LogP contribution in [0.2, 0.25) is 0 Å². The average Bonchev–Trinajstić information content (AvgIpc) is 3.77. The Balaban J connectivity index is 1.03. The fraction of sp³-hybridized carbons (Fsp3) is 0.333. The zero-order chi connectivity index (χ0) is 26.8. The maximum Gasteiger partial charge on any atom is 0.238 e. The summed E-state index contributed by atoms with van der Waals surface area (Å²) in [6, 6.07) is 11.6. The zero-order valence-electron chi connectivity index (χ0n) is 20.7. The van der Waals surface area contributed by atoms with Crippen molar-refractivity contribution in [2.24, 2.45) is 47.3 Å². The summed E-state index contributed by atoms with van der Waals surface area (Å²) in [6.45, 7) is 0. The van der Waals surface area contributed by atoms with E-state index in [2.05, 4.69) is 0 Å². The summed E-state index contributed by atoms with van der Waals surface area (Å²) in [6.07, 6.45) is 9.81. The van der Waals surface area contributed by atoms with Crippen LogP contribution in [0.1, 0.15) is 12.8 Å². The lowest BCUT2D eigenvalue weighted by Gasteiger charge is -2.18. The van der Waals surface area contributed by atoms with E-state index in [-0.39, 0.29) is 80.8 Å². The summed E-state index contributed by atoms with van der Waals surface area (Å²) in [5.74, 6) is -1.77. The summed E-state index contributed by atoms with van der Waals surface area (Å²) in [7, 11) is -3.92. The molecule has 4 bridgehead atoms. The number of carbonyl (C=O) groups is 4. The number of nitrogens with zero attached hydrogens (tertiary/aromatic N) is 2. The largest absolute Gasteiger partial charge is 0.274 e. The summed E-state index contributed by atoms with van der Waals surface area (Å²) in [5.41, 5.74) is 0.737. The van der Waals surface area contributed by atoms with E-state index < -0.39 is 9.84 Å². The number of rotatable bonds is 4. The third kappa shape index (κ3) is 2.91. The van der Waals surface area contributed by atoms with Crippen molar-refractivity contribution in [2.75, 3.05) is 9.80 Å². The number of anilines is 2. The second-order valence-electron chi connectivity index (χ2n) is 11.5. The smallest absolute Gasteiger partial charge is 0.238 e. The first-order chi connectivity index (χ1) is 18.8. The Morgan fingerprint density at radius 1 is 0.487 bits per heavy atom. The Bertz CT molecular complexity index is 1480. The molecule has 2 saturated carbocycles. The van der Waals surface area contributed by atoms with Crippen molar-refractivity contribution in [3.05, 3.63) is 72.8 Å². The van der Waals surface area contributed by atoms with Crippen LogP contribution in [-0.4, -0.2) is 32.0 Å². The van der Waals surface area contributed by atoms with Gasteiger partial charge in [0.1, 0.15) is 0 Å². The molecule has 0 N–H and O–H groups in total. The van der Waals surface area contributed by atoms with E-state index in [9.17, 15) is 27.6 Å². The van der Waals surface area contributed by atoms with Crippen molar-refractivity contribution < 1.29 is 27.6 Å². The lowest BCUT2D eigenvalue weighted by molar-refractivity contribution is -0.124. The molecular formula is C30H24N2O6S. The molecule has 8 unspecified atom stereocenters. The van der Waals surface area contributed by atoms with E-state index in [1.54, 1.807) is 0 Å². The number of hydrogen-bond donors (Lipinski definition) is 0. The summed E-state index contributed by atoms with van der Waals surface area (Å²) in [5, 5.41) is 0. The molecule has 9 heteroatoms. The lowest BCUT2D eigenvalue weighted by Crippen LogP contribution is -2.32. The van der Waals surface area contributed by atoms with Gasteiger partial charge in [-0.2, -0.15) is 0 Å². The van der Waals surface area contributed by atoms with Gasteiger partial charge in [-0.25, -0.2) is 8.42 Å². The monoisotopic (exact) mass is 540 g/mol. The van der Waals surface area contributed by atoms with Gasteiger partial charge in [-0.05, 0) is 85.0 Å². The van der Waals surface area contributed by atoms with Gasteiger partial charge in [0.25, 0.3) is 0 Å². The average molecular weight is 541 g/mol.